The number of nitrogens with two attached hydrogens (primary N) is 1. The van der Waals surface area contributed by atoms with Gasteiger partial charge in [-0.15, -0.1) is 0 Å². The van der Waals surface area contributed by atoms with Gasteiger partial charge in [0.1, 0.15) is 0 Å². The van der Waals surface area contributed by atoms with Crippen LogP contribution in [0.2, 0.25) is 0 Å². The Hall–Kier alpha value is -0.630. The van der Waals surface area contributed by atoms with Crippen LogP contribution in [-0.4, -0.2) is 26.7 Å². The van der Waals surface area contributed by atoms with Gasteiger partial charge in [0.25, 0.3) is 0 Å². The van der Waals surface area contributed by atoms with E-state index in [0.29, 0.717) is 15.7 Å². The van der Waals surface area contributed by atoms with E-state index in [9.17, 15) is 8.42 Å². The van der Waals surface area contributed by atoms with E-state index in [1.165, 1.54) is 6.07 Å². The van der Waals surface area contributed by atoms with Crippen LogP contribution in [0.4, 0.5) is 5.69 Å². The largest absolute Gasteiger partial charge is 0.398 e. The molecule has 0 aromatic heterocycles. The lowest BCUT2D eigenvalue weighted by atomic mass is 10.2. The number of benzene rings is 1. The van der Waals surface area contributed by atoms with Gasteiger partial charge >= 0.3 is 0 Å². The van der Waals surface area contributed by atoms with Crippen molar-refractivity contribution in [3.63, 3.8) is 0 Å². The van der Waals surface area contributed by atoms with Crippen LogP contribution in [0.1, 0.15) is 5.56 Å². The first-order valence-electron chi connectivity index (χ1n) is 4.54. The first-order chi connectivity index (χ1) is 7.38. The molecule has 90 valence electrons. The number of aliphatic hydroxyl groups is 1. The molecule has 0 fully saturated rings. The summed E-state index contributed by atoms with van der Waals surface area (Å²) < 4.78 is 26.5. The van der Waals surface area contributed by atoms with Crippen LogP contribution >= 0.6 is 15.9 Å². The molecular formula is C9H13BrN2O3S. The molecular weight excluding hydrogens is 296 g/mol. The molecule has 1 aromatic carbocycles. The van der Waals surface area contributed by atoms with E-state index in [1.54, 1.807) is 13.0 Å². The molecule has 16 heavy (non-hydrogen) atoms. The fourth-order valence-corrected chi connectivity index (χ4v) is 3.16. The van der Waals surface area contributed by atoms with Gasteiger partial charge in [0.15, 0.2) is 0 Å². The predicted octanol–water partition coefficient (Wildman–Crippen LogP) is 0.610. The highest BCUT2D eigenvalue weighted by Crippen LogP contribution is 2.25. The van der Waals surface area contributed by atoms with E-state index < -0.39 is 10.0 Å². The number of anilines is 1. The van der Waals surface area contributed by atoms with Crippen molar-refractivity contribution in [3.05, 3.63) is 22.2 Å². The molecule has 0 aliphatic carbocycles. The highest BCUT2D eigenvalue weighted by atomic mass is 79.9. The summed E-state index contributed by atoms with van der Waals surface area (Å²) in [4.78, 5) is 0.118. The summed E-state index contributed by atoms with van der Waals surface area (Å²) in [6, 6.07) is 3.12. The number of halogens is 1. The average Bonchev–Trinajstić information content (AvgIpc) is 2.20. The molecule has 0 spiro atoms. The second-order valence-corrected chi connectivity index (χ2v) is 5.89. The Morgan fingerprint density at radius 3 is 2.69 bits per heavy atom. The molecule has 0 amide bonds. The summed E-state index contributed by atoms with van der Waals surface area (Å²) >= 11 is 3.19. The molecule has 1 rings (SSSR count). The number of nitrogen functional groups attached to an aromatic ring is 1. The Morgan fingerprint density at radius 2 is 2.12 bits per heavy atom. The second kappa shape index (κ2) is 5.13. The van der Waals surface area contributed by atoms with Crippen LogP contribution in [0.25, 0.3) is 0 Å². The van der Waals surface area contributed by atoms with E-state index in [0.717, 1.165) is 0 Å². The number of nitrogens with one attached hydrogen (secondary N) is 1. The number of sulfonamides is 1. The highest BCUT2D eigenvalue weighted by Gasteiger charge is 2.18. The molecule has 0 saturated carbocycles. The van der Waals surface area contributed by atoms with Crippen molar-refractivity contribution in [2.75, 3.05) is 18.9 Å². The average molecular weight is 309 g/mol. The topological polar surface area (TPSA) is 92.4 Å². The molecule has 0 bridgehead atoms. The van der Waals surface area contributed by atoms with E-state index in [1.807, 2.05) is 0 Å². The molecule has 0 heterocycles. The smallest absolute Gasteiger partial charge is 0.241 e. The maximum Gasteiger partial charge on any atom is 0.241 e. The molecule has 0 unspecified atom stereocenters. The molecule has 1 aromatic rings. The maximum atomic E-state index is 11.8. The standard InChI is InChI=1S/C9H13BrN2O3S/c1-6-8(11)4-7(10)5-9(6)16(14,15)12-2-3-13/h4-5,12-13H,2-3,11H2,1H3. The van der Waals surface area contributed by atoms with Crippen molar-refractivity contribution in [2.24, 2.45) is 0 Å². The molecule has 5 nitrogen and oxygen atoms in total. The van der Waals surface area contributed by atoms with Gasteiger partial charge < -0.3 is 10.8 Å². The van der Waals surface area contributed by atoms with Gasteiger partial charge in [-0.25, -0.2) is 13.1 Å². The van der Waals surface area contributed by atoms with Gasteiger partial charge in [-0.05, 0) is 24.6 Å². The molecule has 0 aliphatic rings. The molecule has 4 N–H and O–H groups in total. The van der Waals surface area contributed by atoms with E-state index in [2.05, 4.69) is 20.7 Å². The van der Waals surface area contributed by atoms with Gasteiger partial charge in [-0.3, -0.25) is 0 Å². The monoisotopic (exact) mass is 308 g/mol. The third-order valence-corrected chi connectivity index (χ3v) is 4.10. The SMILES string of the molecule is Cc1c(N)cc(Br)cc1S(=O)(=O)NCCO. The minimum atomic E-state index is -3.62. The van der Waals surface area contributed by atoms with Crippen LogP contribution in [0, 0.1) is 6.92 Å². The van der Waals surface area contributed by atoms with Crippen LogP contribution in [0.5, 0.6) is 0 Å². The summed E-state index contributed by atoms with van der Waals surface area (Å²) in [5.41, 5.74) is 6.57. The quantitative estimate of drug-likeness (QED) is 0.711. The molecule has 0 radical (unpaired) electrons. The van der Waals surface area contributed by atoms with Crippen LogP contribution in [0.15, 0.2) is 21.5 Å². The lowest BCUT2D eigenvalue weighted by Gasteiger charge is -2.10. The van der Waals surface area contributed by atoms with E-state index in [4.69, 9.17) is 10.8 Å². The Balaban J connectivity index is 3.22. The Kier molecular flexibility index (Phi) is 4.31. The summed E-state index contributed by atoms with van der Waals surface area (Å²) in [6.07, 6.45) is 0. The molecule has 0 atom stereocenters. The van der Waals surface area contributed by atoms with Gasteiger partial charge in [0.2, 0.25) is 10.0 Å². The van der Waals surface area contributed by atoms with E-state index >= 15 is 0 Å². The summed E-state index contributed by atoms with van der Waals surface area (Å²) in [6.45, 7) is 1.37. The van der Waals surface area contributed by atoms with Gasteiger partial charge in [0, 0.05) is 16.7 Å². The Bertz CT molecular complexity index is 488. The fraction of sp³-hybridized carbons (Fsp3) is 0.333. The van der Waals surface area contributed by atoms with Crippen LogP contribution in [-0.2, 0) is 10.0 Å². The molecule has 0 saturated heterocycles. The second-order valence-electron chi connectivity index (χ2n) is 3.24. The first-order valence-corrected chi connectivity index (χ1v) is 6.82. The minimum absolute atomic E-state index is 0.0197. The van der Waals surface area contributed by atoms with Crippen LogP contribution in [0.3, 0.4) is 0 Å². The van der Waals surface area contributed by atoms with Crippen molar-refractivity contribution in [2.45, 2.75) is 11.8 Å². The number of aliphatic hydroxyl groups excluding tert-OH is 1. The minimum Gasteiger partial charge on any atom is -0.398 e. The lowest BCUT2D eigenvalue weighted by Crippen LogP contribution is -2.27. The van der Waals surface area contributed by atoms with Gasteiger partial charge in [-0.2, -0.15) is 0 Å². The van der Waals surface area contributed by atoms with Crippen molar-refractivity contribution >= 4 is 31.6 Å². The van der Waals surface area contributed by atoms with Crippen molar-refractivity contribution in [1.29, 1.82) is 0 Å². The molecule has 0 aliphatic heterocycles. The summed E-state index contributed by atoms with van der Waals surface area (Å²) in [7, 11) is -3.62. The van der Waals surface area contributed by atoms with Crippen molar-refractivity contribution < 1.29 is 13.5 Å². The van der Waals surface area contributed by atoms with Crippen LogP contribution < -0.4 is 10.5 Å². The van der Waals surface area contributed by atoms with Gasteiger partial charge in [0.05, 0.1) is 11.5 Å². The first kappa shape index (κ1) is 13.4. The Morgan fingerprint density at radius 1 is 1.50 bits per heavy atom. The zero-order valence-corrected chi connectivity index (χ0v) is 11.1. The zero-order valence-electron chi connectivity index (χ0n) is 8.70. The van der Waals surface area contributed by atoms with Gasteiger partial charge in [-0.1, -0.05) is 15.9 Å². The predicted molar refractivity (Wildman–Crippen MR) is 65.6 cm³/mol. The third-order valence-electron chi connectivity index (χ3n) is 2.06. The highest BCUT2D eigenvalue weighted by molar-refractivity contribution is 9.10. The summed E-state index contributed by atoms with van der Waals surface area (Å²) in [5, 5.41) is 8.59. The third kappa shape index (κ3) is 2.94. The number of hydrogen-bond acceptors (Lipinski definition) is 4. The van der Waals surface area contributed by atoms with Crippen molar-refractivity contribution in [3.8, 4) is 0 Å². The van der Waals surface area contributed by atoms with E-state index in [-0.39, 0.29) is 18.0 Å². The lowest BCUT2D eigenvalue weighted by molar-refractivity contribution is 0.301. The molecule has 7 heteroatoms. The Labute approximate surface area is 103 Å². The number of hydrogen-bond donors (Lipinski definition) is 3. The fourth-order valence-electron chi connectivity index (χ4n) is 1.21. The maximum absolute atomic E-state index is 11.8. The zero-order chi connectivity index (χ0) is 12.3. The normalized spacial score (nSPS) is 11.7. The number of rotatable bonds is 4. The van der Waals surface area contributed by atoms with Crippen molar-refractivity contribution in [1.82, 2.24) is 4.72 Å². The summed E-state index contributed by atoms with van der Waals surface area (Å²) in [5.74, 6) is 0.